The molecule has 18 heavy (non-hydrogen) atoms. The Morgan fingerprint density at radius 2 is 1.50 bits per heavy atom. The summed E-state index contributed by atoms with van der Waals surface area (Å²) in [5.74, 6) is -0.00234. The number of anilines is 1. The molecule has 0 heterocycles. The van der Waals surface area contributed by atoms with Gasteiger partial charge < -0.3 is 11.1 Å². The normalized spacial score (nSPS) is 9.78. The topological polar surface area (TPSA) is 55.1 Å². The summed E-state index contributed by atoms with van der Waals surface area (Å²) in [4.78, 5) is 12.1. The lowest BCUT2D eigenvalue weighted by atomic mass is 10.0. The fraction of sp³-hybridized carbons (Fsp3) is 0. The lowest BCUT2D eigenvalue weighted by molar-refractivity contribution is 0.103. The monoisotopic (exact) mass is 256 g/mol. The Balaban J connectivity index is 2.20. The van der Waals surface area contributed by atoms with Gasteiger partial charge in [0.1, 0.15) is 0 Å². The van der Waals surface area contributed by atoms with E-state index < -0.39 is 0 Å². The summed E-state index contributed by atoms with van der Waals surface area (Å²) in [5.41, 5.74) is 7.44. The van der Waals surface area contributed by atoms with Gasteiger partial charge >= 0.3 is 0 Å². The Bertz CT molecular complexity index is 564. The van der Waals surface area contributed by atoms with Crippen molar-refractivity contribution in [1.29, 1.82) is 0 Å². The lowest BCUT2D eigenvalue weighted by Crippen LogP contribution is -2.18. The highest BCUT2D eigenvalue weighted by molar-refractivity contribution is 7.80. The highest BCUT2D eigenvalue weighted by atomic mass is 32.1. The number of nitrogens with one attached hydrogen (secondary N) is 1. The summed E-state index contributed by atoms with van der Waals surface area (Å²) in [6.07, 6.45) is 0. The molecule has 0 amide bonds. The number of thiocarbonyl (C=S) groups is 1. The highest BCUT2D eigenvalue weighted by Gasteiger charge is 2.07. The van der Waals surface area contributed by atoms with Crippen molar-refractivity contribution in [2.24, 2.45) is 5.73 Å². The van der Waals surface area contributed by atoms with Crippen LogP contribution in [0.15, 0.2) is 54.6 Å². The van der Waals surface area contributed by atoms with Crippen LogP contribution in [0.25, 0.3) is 0 Å². The second-order valence-corrected chi connectivity index (χ2v) is 4.20. The van der Waals surface area contributed by atoms with E-state index in [4.69, 9.17) is 18.0 Å². The minimum atomic E-state index is -0.00234. The summed E-state index contributed by atoms with van der Waals surface area (Å²) in [6, 6.07) is 16.2. The SMILES string of the molecule is NC(=S)Nc1ccc(C(=O)c2ccccc2)cc1. The molecule has 0 spiro atoms. The van der Waals surface area contributed by atoms with E-state index in [1.54, 1.807) is 36.4 Å². The number of carbonyl (C=O) groups excluding carboxylic acids is 1. The number of ketones is 1. The summed E-state index contributed by atoms with van der Waals surface area (Å²) in [5, 5.41) is 3.01. The molecule has 2 rings (SSSR count). The number of nitrogens with two attached hydrogens (primary N) is 1. The molecule has 4 heteroatoms. The molecule has 0 fully saturated rings. The van der Waals surface area contributed by atoms with Gasteiger partial charge in [0, 0.05) is 16.8 Å². The maximum Gasteiger partial charge on any atom is 0.193 e. The standard InChI is InChI=1S/C14H12N2OS/c15-14(18)16-12-8-6-11(7-9-12)13(17)10-4-2-1-3-5-10/h1-9H,(H3,15,16,18). The van der Waals surface area contributed by atoms with E-state index in [1.165, 1.54) is 0 Å². The first-order valence-electron chi connectivity index (χ1n) is 5.43. The van der Waals surface area contributed by atoms with Crippen molar-refractivity contribution in [2.45, 2.75) is 0 Å². The van der Waals surface area contributed by atoms with E-state index in [9.17, 15) is 4.79 Å². The van der Waals surface area contributed by atoms with Crippen LogP contribution in [0.2, 0.25) is 0 Å². The molecule has 2 aromatic rings. The van der Waals surface area contributed by atoms with Crippen LogP contribution in [0, 0.1) is 0 Å². The first-order chi connectivity index (χ1) is 8.66. The van der Waals surface area contributed by atoms with Gasteiger partial charge in [0.25, 0.3) is 0 Å². The maximum absolute atomic E-state index is 12.1. The third-order valence-electron chi connectivity index (χ3n) is 2.45. The fourth-order valence-corrected chi connectivity index (χ4v) is 1.72. The van der Waals surface area contributed by atoms with Crippen LogP contribution in [0.1, 0.15) is 15.9 Å². The zero-order valence-corrected chi connectivity index (χ0v) is 10.4. The van der Waals surface area contributed by atoms with Gasteiger partial charge in [-0.2, -0.15) is 0 Å². The van der Waals surface area contributed by atoms with E-state index in [0.717, 1.165) is 5.69 Å². The average Bonchev–Trinajstić information content (AvgIpc) is 2.39. The lowest BCUT2D eigenvalue weighted by Gasteiger charge is -2.05. The Hall–Kier alpha value is -2.20. The Kier molecular flexibility index (Phi) is 3.69. The van der Waals surface area contributed by atoms with Crippen molar-refractivity contribution in [2.75, 3.05) is 5.32 Å². The van der Waals surface area contributed by atoms with Gasteiger partial charge in [0.2, 0.25) is 0 Å². The molecule has 0 unspecified atom stereocenters. The van der Waals surface area contributed by atoms with Gasteiger partial charge in [-0.05, 0) is 36.5 Å². The van der Waals surface area contributed by atoms with Crippen molar-refractivity contribution in [1.82, 2.24) is 0 Å². The first-order valence-corrected chi connectivity index (χ1v) is 5.84. The van der Waals surface area contributed by atoms with Gasteiger partial charge in [-0.1, -0.05) is 30.3 Å². The Morgan fingerprint density at radius 1 is 0.944 bits per heavy atom. The Labute approximate surface area is 111 Å². The molecule has 90 valence electrons. The smallest absolute Gasteiger partial charge is 0.193 e. The van der Waals surface area contributed by atoms with Crippen LogP contribution in [0.4, 0.5) is 5.69 Å². The van der Waals surface area contributed by atoms with E-state index in [2.05, 4.69) is 5.32 Å². The fourth-order valence-electron chi connectivity index (χ4n) is 1.60. The quantitative estimate of drug-likeness (QED) is 0.654. The van der Waals surface area contributed by atoms with Gasteiger partial charge in [-0.15, -0.1) is 0 Å². The molecule has 3 nitrogen and oxygen atoms in total. The van der Waals surface area contributed by atoms with Gasteiger partial charge in [-0.25, -0.2) is 0 Å². The third kappa shape index (κ3) is 2.93. The number of rotatable bonds is 3. The third-order valence-corrected chi connectivity index (χ3v) is 2.55. The number of hydrogen-bond acceptors (Lipinski definition) is 2. The minimum absolute atomic E-state index is 0.00234. The minimum Gasteiger partial charge on any atom is -0.376 e. The molecular weight excluding hydrogens is 244 g/mol. The predicted molar refractivity (Wildman–Crippen MR) is 76.7 cm³/mol. The molecule has 0 atom stereocenters. The highest BCUT2D eigenvalue weighted by Crippen LogP contribution is 2.13. The summed E-state index contributed by atoms with van der Waals surface area (Å²) in [7, 11) is 0. The van der Waals surface area contributed by atoms with E-state index >= 15 is 0 Å². The summed E-state index contributed by atoms with van der Waals surface area (Å²) < 4.78 is 0. The van der Waals surface area contributed by atoms with E-state index in [-0.39, 0.29) is 10.9 Å². The van der Waals surface area contributed by atoms with E-state index in [1.807, 2.05) is 18.2 Å². The second kappa shape index (κ2) is 5.42. The number of hydrogen-bond donors (Lipinski definition) is 2. The van der Waals surface area contributed by atoms with Crippen LogP contribution < -0.4 is 11.1 Å². The van der Waals surface area contributed by atoms with Crippen molar-refractivity contribution in [3.63, 3.8) is 0 Å². The van der Waals surface area contributed by atoms with Crippen molar-refractivity contribution >= 4 is 28.8 Å². The van der Waals surface area contributed by atoms with Crippen molar-refractivity contribution < 1.29 is 4.79 Å². The van der Waals surface area contributed by atoms with Crippen LogP contribution in [-0.2, 0) is 0 Å². The molecule has 0 aromatic heterocycles. The molecule has 3 N–H and O–H groups in total. The molecule has 0 radical (unpaired) electrons. The zero-order valence-electron chi connectivity index (χ0n) is 9.59. The van der Waals surface area contributed by atoms with E-state index in [0.29, 0.717) is 11.1 Å². The average molecular weight is 256 g/mol. The van der Waals surface area contributed by atoms with Gasteiger partial charge in [0.05, 0.1) is 0 Å². The summed E-state index contributed by atoms with van der Waals surface area (Å²) in [6.45, 7) is 0. The zero-order chi connectivity index (χ0) is 13.0. The van der Waals surface area contributed by atoms with Crippen LogP contribution >= 0.6 is 12.2 Å². The molecule has 0 saturated carbocycles. The maximum atomic E-state index is 12.1. The van der Waals surface area contributed by atoms with Crippen LogP contribution in [0.3, 0.4) is 0 Å². The van der Waals surface area contributed by atoms with Crippen molar-refractivity contribution in [3.05, 3.63) is 65.7 Å². The van der Waals surface area contributed by atoms with Crippen LogP contribution in [0.5, 0.6) is 0 Å². The molecule has 0 aliphatic heterocycles. The molecule has 0 aliphatic rings. The first kappa shape index (κ1) is 12.3. The van der Waals surface area contributed by atoms with Crippen molar-refractivity contribution in [3.8, 4) is 0 Å². The van der Waals surface area contributed by atoms with Gasteiger partial charge in [0.15, 0.2) is 10.9 Å². The molecule has 0 aliphatic carbocycles. The number of benzene rings is 2. The molecule has 2 aromatic carbocycles. The molecule has 0 bridgehead atoms. The number of carbonyl (C=O) groups is 1. The molecular formula is C14H12N2OS. The largest absolute Gasteiger partial charge is 0.376 e. The molecule has 0 saturated heterocycles. The second-order valence-electron chi connectivity index (χ2n) is 3.76. The van der Waals surface area contributed by atoms with Gasteiger partial charge in [-0.3, -0.25) is 4.79 Å². The summed E-state index contributed by atoms with van der Waals surface area (Å²) >= 11 is 4.74. The predicted octanol–water partition coefficient (Wildman–Crippen LogP) is 2.57. The Morgan fingerprint density at radius 3 is 2.06 bits per heavy atom. The van der Waals surface area contributed by atoms with Crippen LogP contribution in [-0.4, -0.2) is 10.9 Å².